The van der Waals surface area contributed by atoms with Gasteiger partial charge in [-0.3, -0.25) is 0 Å². The SMILES string of the molecule is CC(C)[C@@H](O)COc1cccc(N)c1. The van der Waals surface area contributed by atoms with Gasteiger partial charge in [-0.05, 0) is 18.1 Å². The molecule has 3 N–H and O–H groups in total. The van der Waals surface area contributed by atoms with E-state index < -0.39 is 6.10 Å². The highest BCUT2D eigenvalue weighted by Crippen LogP contribution is 2.15. The molecule has 3 nitrogen and oxygen atoms in total. The van der Waals surface area contributed by atoms with Gasteiger partial charge in [0, 0.05) is 11.8 Å². The van der Waals surface area contributed by atoms with Crippen LogP contribution in [0.1, 0.15) is 13.8 Å². The Balaban J connectivity index is 2.45. The van der Waals surface area contributed by atoms with Crippen molar-refractivity contribution < 1.29 is 9.84 Å². The summed E-state index contributed by atoms with van der Waals surface area (Å²) < 4.78 is 5.38. The molecule has 0 aliphatic rings. The Morgan fingerprint density at radius 2 is 2.14 bits per heavy atom. The lowest BCUT2D eigenvalue weighted by molar-refractivity contribution is 0.0701. The van der Waals surface area contributed by atoms with Crippen molar-refractivity contribution in [3.05, 3.63) is 24.3 Å². The monoisotopic (exact) mass is 195 g/mol. The fourth-order valence-corrected chi connectivity index (χ4v) is 0.978. The van der Waals surface area contributed by atoms with Gasteiger partial charge in [0.1, 0.15) is 12.4 Å². The molecule has 0 fully saturated rings. The van der Waals surface area contributed by atoms with Gasteiger partial charge in [0.2, 0.25) is 0 Å². The first kappa shape index (κ1) is 10.9. The van der Waals surface area contributed by atoms with Gasteiger partial charge in [-0.25, -0.2) is 0 Å². The van der Waals surface area contributed by atoms with Crippen molar-refractivity contribution in [3.8, 4) is 5.75 Å². The molecular weight excluding hydrogens is 178 g/mol. The Morgan fingerprint density at radius 1 is 1.43 bits per heavy atom. The van der Waals surface area contributed by atoms with Gasteiger partial charge in [-0.1, -0.05) is 19.9 Å². The smallest absolute Gasteiger partial charge is 0.121 e. The van der Waals surface area contributed by atoms with Crippen molar-refractivity contribution in [2.45, 2.75) is 20.0 Å². The molecule has 0 saturated carbocycles. The summed E-state index contributed by atoms with van der Waals surface area (Å²) in [4.78, 5) is 0. The second kappa shape index (κ2) is 4.86. The maximum absolute atomic E-state index is 9.50. The first-order chi connectivity index (χ1) is 6.59. The van der Waals surface area contributed by atoms with Gasteiger partial charge < -0.3 is 15.6 Å². The number of ether oxygens (including phenoxy) is 1. The third-order valence-electron chi connectivity index (χ3n) is 2.05. The highest BCUT2D eigenvalue weighted by molar-refractivity contribution is 5.43. The van der Waals surface area contributed by atoms with Crippen molar-refractivity contribution in [1.29, 1.82) is 0 Å². The molecule has 0 spiro atoms. The van der Waals surface area contributed by atoms with Gasteiger partial charge in [0.05, 0.1) is 6.10 Å². The molecule has 14 heavy (non-hydrogen) atoms. The van der Waals surface area contributed by atoms with E-state index in [2.05, 4.69) is 0 Å². The Labute approximate surface area is 84.5 Å². The Morgan fingerprint density at radius 3 is 2.71 bits per heavy atom. The van der Waals surface area contributed by atoms with E-state index in [1.165, 1.54) is 0 Å². The molecular formula is C11H17NO2. The zero-order valence-corrected chi connectivity index (χ0v) is 8.60. The van der Waals surface area contributed by atoms with E-state index in [0.717, 1.165) is 0 Å². The van der Waals surface area contributed by atoms with Crippen molar-refractivity contribution in [1.82, 2.24) is 0 Å². The maximum Gasteiger partial charge on any atom is 0.121 e. The van der Waals surface area contributed by atoms with E-state index in [9.17, 15) is 5.11 Å². The molecule has 0 radical (unpaired) electrons. The van der Waals surface area contributed by atoms with Gasteiger partial charge in [-0.15, -0.1) is 0 Å². The molecule has 0 unspecified atom stereocenters. The first-order valence-electron chi connectivity index (χ1n) is 4.76. The van der Waals surface area contributed by atoms with Gasteiger partial charge in [-0.2, -0.15) is 0 Å². The third-order valence-corrected chi connectivity index (χ3v) is 2.05. The summed E-state index contributed by atoms with van der Waals surface area (Å²) in [7, 11) is 0. The summed E-state index contributed by atoms with van der Waals surface area (Å²) in [6.07, 6.45) is -0.434. The summed E-state index contributed by atoms with van der Waals surface area (Å²) in [5.74, 6) is 0.903. The molecule has 0 amide bonds. The second-order valence-electron chi connectivity index (χ2n) is 3.69. The minimum Gasteiger partial charge on any atom is -0.491 e. The molecule has 78 valence electrons. The molecule has 0 aliphatic heterocycles. The maximum atomic E-state index is 9.50. The first-order valence-corrected chi connectivity index (χ1v) is 4.76. The van der Waals surface area contributed by atoms with Gasteiger partial charge >= 0.3 is 0 Å². The molecule has 1 aromatic rings. The molecule has 1 rings (SSSR count). The molecule has 1 aromatic carbocycles. The zero-order chi connectivity index (χ0) is 10.6. The highest BCUT2D eigenvalue weighted by Gasteiger charge is 2.09. The number of hydrogen-bond donors (Lipinski definition) is 2. The van der Waals surface area contributed by atoms with Crippen LogP contribution in [0.2, 0.25) is 0 Å². The molecule has 0 bridgehead atoms. The normalized spacial score (nSPS) is 12.9. The second-order valence-corrected chi connectivity index (χ2v) is 3.69. The lowest BCUT2D eigenvalue weighted by Gasteiger charge is -2.15. The number of anilines is 1. The van der Waals surface area contributed by atoms with Crippen LogP contribution in [0.3, 0.4) is 0 Å². The number of benzene rings is 1. The van der Waals surface area contributed by atoms with Crippen LogP contribution in [0.5, 0.6) is 5.75 Å². The molecule has 0 aliphatic carbocycles. The van der Waals surface area contributed by atoms with Crippen LogP contribution >= 0.6 is 0 Å². The molecule has 0 aromatic heterocycles. The van der Waals surface area contributed by atoms with E-state index in [4.69, 9.17) is 10.5 Å². The zero-order valence-electron chi connectivity index (χ0n) is 8.60. The number of hydrogen-bond acceptors (Lipinski definition) is 3. The fourth-order valence-electron chi connectivity index (χ4n) is 0.978. The lowest BCUT2D eigenvalue weighted by atomic mass is 10.1. The van der Waals surface area contributed by atoms with Crippen molar-refractivity contribution in [2.75, 3.05) is 12.3 Å². The van der Waals surface area contributed by atoms with E-state index in [1.54, 1.807) is 12.1 Å². The Bertz CT molecular complexity index is 286. The number of nitrogens with two attached hydrogens (primary N) is 1. The van der Waals surface area contributed by atoms with Gasteiger partial charge in [0.15, 0.2) is 0 Å². The average Bonchev–Trinajstić information content (AvgIpc) is 2.14. The van der Waals surface area contributed by atoms with Gasteiger partial charge in [0.25, 0.3) is 0 Å². The number of nitrogen functional groups attached to an aromatic ring is 1. The minimum absolute atomic E-state index is 0.205. The molecule has 1 atom stereocenters. The third kappa shape index (κ3) is 3.26. The summed E-state index contributed by atoms with van der Waals surface area (Å²) in [5, 5.41) is 9.50. The van der Waals surface area contributed by atoms with E-state index in [0.29, 0.717) is 18.0 Å². The topological polar surface area (TPSA) is 55.5 Å². The van der Waals surface area contributed by atoms with Crippen LogP contribution in [-0.4, -0.2) is 17.8 Å². The van der Waals surface area contributed by atoms with Crippen LogP contribution in [0, 0.1) is 5.92 Å². The highest BCUT2D eigenvalue weighted by atomic mass is 16.5. The van der Waals surface area contributed by atoms with Crippen molar-refractivity contribution in [2.24, 2.45) is 5.92 Å². The number of aliphatic hydroxyl groups is 1. The predicted octanol–water partition coefficient (Wildman–Crippen LogP) is 1.66. The lowest BCUT2D eigenvalue weighted by Crippen LogP contribution is -2.23. The number of aliphatic hydroxyl groups excluding tert-OH is 1. The number of rotatable bonds is 4. The van der Waals surface area contributed by atoms with Crippen LogP contribution in [-0.2, 0) is 0 Å². The molecule has 0 heterocycles. The van der Waals surface area contributed by atoms with Crippen molar-refractivity contribution in [3.63, 3.8) is 0 Å². The largest absolute Gasteiger partial charge is 0.491 e. The van der Waals surface area contributed by atoms with Crippen LogP contribution < -0.4 is 10.5 Å². The van der Waals surface area contributed by atoms with E-state index in [1.807, 2.05) is 26.0 Å². The fraction of sp³-hybridized carbons (Fsp3) is 0.455. The minimum atomic E-state index is -0.434. The Kier molecular flexibility index (Phi) is 3.77. The average molecular weight is 195 g/mol. The summed E-state index contributed by atoms with van der Waals surface area (Å²) in [5.41, 5.74) is 6.25. The summed E-state index contributed by atoms with van der Waals surface area (Å²) in [6.45, 7) is 4.21. The van der Waals surface area contributed by atoms with Crippen LogP contribution in [0.15, 0.2) is 24.3 Å². The van der Waals surface area contributed by atoms with E-state index >= 15 is 0 Å². The quantitative estimate of drug-likeness (QED) is 0.718. The molecule has 3 heteroatoms. The van der Waals surface area contributed by atoms with Crippen LogP contribution in [0.25, 0.3) is 0 Å². The standard InChI is InChI=1S/C11H17NO2/c1-8(2)11(13)7-14-10-5-3-4-9(12)6-10/h3-6,8,11,13H,7,12H2,1-2H3/t11-/m0/s1. The van der Waals surface area contributed by atoms with Crippen LogP contribution in [0.4, 0.5) is 5.69 Å². The van der Waals surface area contributed by atoms with E-state index in [-0.39, 0.29) is 5.92 Å². The Hall–Kier alpha value is -1.22. The predicted molar refractivity (Wildman–Crippen MR) is 57.2 cm³/mol. The summed E-state index contributed by atoms with van der Waals surface area (Å²) in [6, 6.07) is 7.19. The van der Waals surface area contributed by atoms with Crippen molar-refractivity contribution >= 4 is 5.69 Å². The molecule has 0 saturated heterocycles. The summed E-state index contributed by atoms with van der Waals surface area (Å²) >= 11 is 0.